The van der Waals surface area contributed by atoms with E-state index in [2.05, 4.69) is 18.9 Å². The molecule has 0 spiro atoms. The van der Waals surface area contributed by atoms with Gasteiger partial charge < -0.3 is 5.11 Å². The second-order valence-corrected chi connectivity index (χ2v) is 5.00. The summed E-state index contributed by atoms with van der Waals surface area (Å²) in [5.74, 6) is -0.231. The number of aliphatic hydroxyl groups is 1. The van der Waals surface area contributed by atoms with Crippen LogP contribution in [0.2, 0.25) is 0 Å². The molecular weight excluding hydrogens is 252 g/mol. The van der Waals surface area contributed by atoms with Crippen LogP contribution >= 0.6 is 0 Å². The lowest BCUT2D eigenvalue weighted by molar-refractivity contribution is -0.126. The van der Waals surface area contributed by atoms with E-state index >= 15 is 0 Å². The van der Waals surface area contributed by atoms with Crippen LogP contribution in [-0.2, 0) is 11.2 Å². The van der Waals surface area contributed by atoms with E-state index in [1.54, 1.807) is 12.1 Å². The first-order valence-electron chi connectivity index (χ1n) is 6.91. The van der Waals surface area contributed by atoms with Crippen molar-refractivity contribution in [2.75, 3.05) is 0 Å². The highest BCUT2D eigenvalue weighted by Crippen LogP contribution is 2.16. The maximum Gasteiger partial charge on any atom is 0.171 e. The molecule has 0 saturated heterocycles. The molecule has 2 atom stereocenters. The lowest BCUT2D eigenvalue weighted by atomic mass is 10.0. The van der Waals surface area contributed by atoms with Crippen molar-refractivity contribution in [1.29, 1.82) is 0 Å². The van der Waals surface area contributed by atoms with E-state index in [4.69, 9.17) is 0 Å². The first-order chi connectivity index (χ1) is 9.61. The summed E-state index contributed by atoms with van der Waals surface area (Å²) in [5.41, 5.74) is 1.32. The first-order valence-corrected chi connectivity index (χ1v) is 6.91. The van der Waals surface area contributed by atoms with Crippen LogP contribution in [0.25, 0.3) is 0 Å². The van der Waals surface area contributed by atoms with Crippen molar-refractivity contribution in [1.82, 2.24) is 9.78 Å². The van der Waals surface area contributed by atoms with E-state index in [1.807, 2.05) is 35.1 Å². The summed E-state index contributed by atoms with van der Waals surface area (Å²) in [4.78, 5) is 12.1. The van der Waals surface area contributed by atoms with E-state index in [9.17, 15) is 9.90 Å². The largest absolute Gasteiger partial charge is 0.381 e. The Morgan fingerprint density at radius 1 is 1.30 bits per heavy atom. The summed E-state index contributed by atoms with van der Waals surface area (Å²) in [6, 6.07) is 11.1. The zero-order valence-corrected chi connectivity index (χ0v) is 11.9. The number of Topliss-reactive ketones (excluding diaryl/α,β-unsaturated/α-hetero) is 1. The van der Waals surface area contributed by atoms with Crippen LogP contribution in [0.5, 0.6) is 0 Å². The maximum atomic E-state index is 12.1. The number of aliphatic hydroxyl groups excluding tert-OH is 1. The molecule has 2 aromatic rings. The number of hydrogen-bond donors (Lipinski definition) is 1. The second kappa shape index (κ2) is 6.48. The van der Waals surface area contributed by atoms with Gasteiger partial charge in [-0.25, -0.2) is 0 Å². The number of ketones is 1. The molecule has 0 aliphatic carbocycles. The summed E-state index contributed by atoms with van der Waals surface area (Å²) < 4.78 is 1.86. The third-order valence-electron chi connectivity index (χ3n) is 3.48. The van der Waals surface area contributed by atoms with Gasteiger partial charge in [0.2, 0.25) is 0 Å². The molecule has 0 saturated carbocycles. The van der Waals surface area contributed by atoms with E-state index in [-0.39, 0.29) is 12.2 Å². The van der Waals surface area contributed by atoms with Crippen molar-refractivity contribution < 1.29 is 9.90 Å². The normalized spacial score (nSPS) is 13.9. The number of rotatable bonds is 6. The van der Waals surface area contributed by atoms with E-state index in [0.717, 1.165) is 6.42 Å². The Balaban J connectivity index is 2.03. The second-order valence-electron chi connectivity index (χ2n) is 5.00. The van der Waals surface area contributed by atoms with Crippen molar-refractivity contribution in [3.63, 3.8) is 0 Å². The van der Waals surface area contributed by atoms with Crippen LogP contribution in [0.1, 0.15) is 43.7 Å². The molecule has 0 amide bonds. The summed E-state index contributed by atoms with van der Waals surface area (Å²) in [5, 5.41) is 14.4. The minimum absolute atomic E-state index is 0.152. The van der Waals surface area contributed by atoms with Crippen LogP contribution in [0, 0.1) is 0 Å². The topological polar surface area (TPSA) is 55.1 Å². The predicted octanol–water partition coefficient (Wildman–Crippen LogP) is 2.70. The number of nitrogens with zero attached hydrogens (tertiary/aromatic N) is 2. The van der Waals surface area contributed by atoms with Gasteiger partial charge in [0.25, 0.3) is 0 Å². The lowest BCUT2D eigenvalue weighted by Crippen LogP contribution is -2.15. The van der Waals surface area contributed by atoms with Gasteiger partial charge in [-0.3, -0.25) is 9.48 Å². The smallest absolute Gasteiger partial charge is 0.171 e. The molecule has 0 radical (unpaired) electrons. The molecule has 106 valence electrons. The SMILES string of the molecule is CCC(C)n1ccc(CC(=O)C(O)c2ccccc2)n1. The first kappa shape index (κ1) is 14.5. The van der Waals surface area contributed by atoms with Crippen LogP contribution in [0.4, 0.5) is 0 Å². The van der Waals surface area contributed by atoms with Crippen molar-refractivity contribution >= 4 is 5.78 Å². The molecule has 4 nitrogen and oxygen atoms in total. The highest BCUT2D eigenvalue weighted by molar-refractivity contribution is 5.85. The Bertz CT molecular complexity index is 563. The average Bonchev–Trinajstić information content (AvgIpc) is 2.95. The third-order valence-corrected chi connectivity index (χ3v) is 3.48. The summed E-state index contributed by atoms with van der Waals surface area (Å²) in [6.07, 6.45) is 1.94. The minimum Gasteiger partial charge on any atom is -0.381 e. The Kier molecular flexibility index (Phi) is 4.69. The Morgan fingerprint density at radius 2 is 2.00 bits per heavy atom. The number of aromatic nitrogens is 2. The monoisotopic (exact) mass is 272 g/mol. The highest BCUT2D eigenvalue weighted by atomic mass is 16.3. The van der Waals surface area contributed by atoms with Crippen molar-refractivity contribution in [2.45, 2.75) is 38.8 Å². The standard InChI is InChI=1S/C16H20N2O2/c1-3-12(2)18-10-9-14(17-18)11-15(19)16(20)13-7-5-4-6-8-13/h4-10,12,16,20H,3,11H2,1-2H3. The summed E-state index contributed by atoms with van der Waals surface area (Å²) in [6.45, 7) is 4.17. The van der Waals surface area contributed by atoms with Crippen molar-refractivity contribution in [2.24, 2.45) is 0 Å². The molecule has 2 unspecified atom stereocenters. The van der Waals surface area contributed by atoms with Crippen LogP contribution < -0.4 is 0 Å². The lowest BCUT2D eigenvalue weighted by Gasteiger charge is -2.09. The summed E-state index contributed by atoms with van der Waals surface area (Å²) in [7, 11) is 0. The molecule has 20 heavy (non-hydrogen) atoms. The van der Waals surface area contributed by atoms with Crippen LogP contribution in [0.3, 0.4) is 0 Å². The fourth-order valence-electron chi connectivity index (χ4n) is 2.00. The fraction of sp³-hybridized carbons (Fsp3) is 0.375. The van der Waals surface area contributed by atoms with Crippen LogP contribution in [-0.4, -0.2) is 20.7 Å². The van der Waals surface area contributed by atoms with Gasteiger partial charge in [0, 0.05) is 12.2 Å². The van der Waals surface area contributed by atoms with Gasteiger partial charge in [-0.05, 0) is 25.0 Å². The average molecular weight is 272 g/mol. The van der Waals surface area contributed by atoms with Crippen molar-refractivity contribution in [3.05, 3.63) is 53.9 Å². The minimum atomic E-state index is -1.08. The van der Waals surface area contributed by atoms with Crippen LogP contribution in [0.15, 0.2) is 42.6 Å². The van der Waals surface area contributed by atoms with Gasteiger partial charge in [-0.2, -0.15) is 5.10 Å². The fourth-order valence-corrected chi connectivity index (χ4v) is 2.00. The number of carbonyl (C=O) groups excluding carboxylic acids is 1. The number of benzene rings is 1. The van der Waals surface area contributed by atoms with Gasteiger partial charge in [0.15, 0.2) is 5.78 Å². The summed E-state index contributed by atoms with van der Waals surface area (Å²) >= 11 is 0. The molecule has 1 aromatic carbocycles. The Labute approximate surface area is 119 Å². The molecular formula is C16H20N2O2. The molecule has 4 heteroatoms. The molecule has 0 bridgehead atoms. The van der Waals surface area contributed by atoms with E-state index in [0.29, 0.717) is 17.3 Å². The van der Waals surface area contributed by atoms with Gasteiger partial charge in [-0.15, -0.1) is 0 Å². The predicted molar refractivity (Wildman–Crippen MR) is 77.3 cm³/mol. The number of carbonyl (C=O) groups is 1. The zero-order chi connectivity index (χ0) is 14.5. The Hall–Kier alpha value is -1.94. The van der Waals surface area contributed by atoms with E-state index < -0.39 is 6.10 Å². The molecule has 1 aromatic heterocycles. The quantitative estimate of drug-likeness (QED) is 0.879. The molecule has 0 aliphatic rings. The molecule has 2 rings (SSSR count). The maximum absolute atomic E-state index is 12.1. The zero-order valence-electron chi connectivity index (χ0n) is 11.9. The van der Waals surface area contributed by atoms with Gasteiger partial charge in [-0.1, -0.05) is 37.3 Å². The Morgan fingerprint density at radius 3 is 2.65 bits per heavy atom. The molecule has 0 fully saturated rings. The molecule has 1 N–H and O–H groups in total. The van der Waals surface area contributed by atoms with E-state index in [1.165, 1.54) is 0 Å². The highest BCUT2D eigenvalue weighted by Gasteiger charge is 2.18. The third kappa shape index (κ3) is 3.33. The van der Waals surface area contributed by atoms with Gasteiger partial charge >= 0.3 is 0 Å². The number of hydrogen-bond acceptors (Lipinski definition) is 3. The van der Waals surface area contributed by atoms with Gasteiger partial charge in [0.05, 0.1) is 12.1 Å². The molecule has 0 aliphatic heterocycles. The molecule has 1 heterocycles. The van der Waals surface area contributed by atoms with Gasteiger partial charge in [0.1, 0.15) is 6.10 Å². The van der Waals surface area contributed by atoms with Crippen molar-refractivity contribution in [3.8, 4) is 0 Å².